The number of hydrogen-bond acceptors (Lipinski definition) is 1. The number of urea groups is 1. The third-order valence-corrected chi connectivity index (χ3v) is 2.13. The van der Waals surface area contributed by atoms with Crippen molar-refractivity contribution in [1.29, 1.82) is 0 Å². The molecule has 3 nitrogen and oxygen atoms in total. The zero-order valence-electron chi connectivity index (χ0n) is 9.34. The molecule has 0 bridgehead atoms. The molecular weight excluding hydrogens is 188 g/mol. The SMILES string of the molecule is CCCNC(=O)Nc1cccc(CC)c1. The van der Waals surface area contributed by atoms with Gasteiger partial charge in [0.05, 0.1) is 0 Å². The van der Waals surface area contributed by atoms with Crippen molar-refractivity contribution in [2.75, 3.05) is 11.9 Å². The highest BCUT2D eigenvalue weighted by atomic mass is 16.2. The maximum absolute atomic E-state index is 11.3. The Kier molecular flexibility index (Phi) is 4.68. The number of rotatable bonds is 4. The summed E-state index contributed by atoms with van der Waals surface area (Å²) in [6.45, 7) is 4.83. The van der Waals surface area contributed by atoms with Gasteiger partial charge in [-0.15, -0.1) is 0 Å². The predicted octanol–water partition coefficient (Wildman–Crippen LogP) is 2.78. The number of amides is 2. The molecule has 0 spiro atoms. The van der Waals surface area contributed by atoms with Crippen molar-refractivity contribution in [3.05, 3.63) is 29.8 Å². The zero-order chi connectivity index (χ0) is 11.1. The lowest BCUT2D eigenvalue weighted by Gasteiger charge is -2.07. The molecule has 2 N–H and O–H groups in total. The number of carbonyl (C=O) groups is 1. The molecule has 1 rings (SSSR count). The van der Waals surface area contributed by atoms with Crippen molar-refractivity contribution in [2.45, 2.75) is 26.7 Å². The Morgan fingerprint density at radius 2 is 2.13 bits per heavy atom. The van der Waals surface area contributed by atoms with Crippen molar-refractivity contribution in [1.82, 2.24) is 5.32 Å². The minimum absolute atomic E-state index is 0.134. The fourth-order valence-electron chi connectivity index (χ4n) is 1.28. The molecule has 2 amide bonds. The van der Waals surface area contributed by atoms with Crippen molar-refractivity contribution in [3.8, 4) is 0 Å². The van der Waals surface area contributed by atoms with Crippen LogP contribution >= 0.6 is 0 Å². The van der Waals surface area contributed by atoms with Gasteiger partial charge in [0.25, 0.3) is 0 Å². The summed E-state index contributed by atoms with van der Waals surface area (Å²) in [6, 6.07) is 7.75. The second-order valence-corrected chi connectivity index (χ2v) is 3.43. The number of hydrogen-bond donors (Lipinski definition) is 2. The van der Waals surface area contributed by atoms with Gasteiger partial charge in [-0.1, -0.05) is 26.0 Å². The van der Waals surface area contributed by atoms with E-state index in [1.54, 1.807) is 0 Å². The summed E-state index contributed by atoms with van der Waals surface area (Å²) in [4.78, 5) is 11.3. The van der Waals surface area contributed by atoms with Crippen LogP contribution in [-0.4, -0.2) is 12.6 Å². The highest BCUT2D eigenvalue weighted by Crippen LogP contribution is 2.10. The van der Waals surface area contributed by atoms with E-state index in [9.17, 15) is 4.79 Å². The summed E-state index contributed by atoms with van der Waals surface area (Å²) in [7, 11) is 0. The van der Waals surface area contributed by atoms with Crippen molar-refractivity contribution >= 4 is 11.7 Å². The largest absolute Gasteiger partial charge is 0.338 e. The molecule has 82 valence electrons. The van der Waals surface area contributed by atoms with Gasteiger partial charge in [-0.25, -0.2) is 4.79 Å². The fraction of sp³-hybridized carbons (Fsp3) is 0.417. The molecule has 0 aliphatic rings. The predicted molar refractivity (Wildman–Crippen MR) is 63.1 cm³/mol. The summed E-state index contributed by atoms with van der Waals surface area (Å²) < 4.78 is 0. The van der Waals surface area contributed by atoms with Gasteiger partial charge < -0.3 is 10.6 Å². The molecule has 1 aromatic rings. The van der Waals surface area contributed by atoms with Crippen molar-refractivity contribution in [2.24, 2.45) is 0 Å². The Balaban J connectivity index is 2.52. The molecule has 0 saturated heterocycles. The van der Waals surface area contributed by atoms with E-state index >= 15 is 0 Å². The zero-order valence-corrected chi connectivity index (χ0v) is 9.34. The molecular formula is C12H18N2O. The van der Waals surface area contributed by atoms with Crippen LogP contribution < -0.4 is 10.6 Å². The van der Waals surface area contributed by atoms with Crippen molar-refractivity contribution in [3.63, 3.8) is 0 Å². The molecule has 0 fully saturated rings. The van der Waals surface area contributed by atoms with E-state index in [-0.39, 0.29) is 6.03 Å². The summed E-state index contributed by atoms with van der Waals surface area (Å²) in [5.41, 5.74) is 2.08. The van der Waals surface area contributed by atoms with Crippen LogP contribution in [0.2, 0.25) is 0 Å². The second kappa shape index (κ2) is 6.06. The standard InChI is InChI=1S/C12H18N2O/c1-3-8-13-12(15)14-11-7-5-6-10(4-2)9-11/h5-7,9H,3-4,8H2,1-2H3,(H2,13,14,15). The first-order valence-electron chi connectivity index (χ1n) is 5.40. The lowest BCUT2D eigenvalue weighted by molar-refractivity contribution is 0.252. The summed E-state index contributed by atoms with van der Waals surface area (Å²) in [6.07, 6.45) is 1.93. The Morgan fingerprint density at radius 3 is 2.80 bits per heavy atom. The number of anilines is 1. The maximum Gasteiger partial charge on any atom is 0.319 e. The normalized spacial score (nSPS) is 9.73. The maximum atomic E-state index is 11.3. The number of aryl methyl sites for hydroxylation is 1. The van der Waals surface area contributed by atoms with Crippen LogP contribution in [0.5, 0.6) is 0 Å². The van der Waals surface area contributed by atoms with Crippen molar-refractivity contribution < 1.29 is 4.79 Å². The van der Waals surface area contributed by atoms with Gasteiger partial charge in [-0.2, -0.15) is 0 Å². The minimum atomic E-state index is -0.134. The van der Waals surface area contributed by atoms with Gasteiger partial charge in [-0.3, -0.25) is 0 Å². The topological polar surface area (TPSA) is 41.1 Å². The second-order valence-electron chi connectivity index (χ2n) is 3.43. The Hall–Kier alpha value is -1.51. The first-order valence-corrected chi connectivity index (χ1v) is 5.40. The Labute approximate surface area is 90.9 Å². The highest BCUT2D eigenvalue weighted by Gasteiger charge is 2.00. The van der Waals surface area contributed by atoms with Gasteiger partial charge in [0.1, 0.15) is 0 Å². The van der Waals surface area contributed by atoms with E-state index in [1.165, 1.54) is 5.56 Å². The minimum Gasteiger partial charge on any atom is -0.338 e. The third-order valence-electron chi connectivity index (χ3n) is 2.13. The Morgan fingerprint density at radius 1 is 1.33 bits per heavy atom. The van der Waals surface area contributed by atoms with Gasteiger partial charge >= 0.3 is 6.03 Å². The monoisotopic (exact) mass is 206 g/mol. The molecule has 3 heteroatoms. The lowest BCUT2D eigenvalue weighted by atomic mass is 10.1. The van der Waals surface area contributed by atoms with Crippen LogP contribution in [0, 0.1) is 0 Å². The van der Waals surface area contributed by atoms with E-state index in [4.69, 9.17) is 0 Å². The molecule has 1 aromatic carbocycles. The average Bonchev–Trinajstić information content (AvgIpc) is 2.26. The van der Waals surface area contributed by atoms with Crippen LogP contribution in [-0.2, 0) is 6.42 Å². The average molecular weight is 206 g/mol. The van der Waals surface area contributed by atoms with Gasteiger partial charge in [0.15, 0.2) is 0 Å². The van der Waals surface area contributed by atoms with Gasteiger partial charge in [-0.05, 0) is 30.5 Å². The van der Waals surface area contributed by atoms with Crippen LogP contribution in [0.15, 0.2) is 24.3 Å². The smallest absolute Gasteiger partial charge is 0.319 e. The molecule has 0 atom stereocenters. The quantitative estimate of drug-likeness (QED) is 0.781. The summed E-state index contributed by atoms with van der Waals surface area (Å²) in [5, 5.41) is 5.57. The fourth-order valence-corrected chi connectivity index (χ4v) is 1.28. The molecule has 0 aliphatic carbocycles. The van der Waals surface area contributed by atoms with Gasteiger partial charge in [0.2, 0.25) is 0 Å². The summed E-state index contributed by atoms with van der Waals surface area (Å²) in [5.74, 6) is 0. The Bertz CT molecular complexity index is 323. The first kappa shape index (κ1) is 11.6. The van der Waals surface area contributed by atoms with E-state index in [0.717, 1.165) is 18.5 Å². The van der Waals surface area contributed by atoms with Gasteiger partial charge in [0, 0.05) is 12.2 Å². The first-order chi connectivity index (χ1) is 7.26. The lowest BCUT2D eigenvalue weighted by Crippen LogP contribution is -2.29. The van der Waals surface area contributed by atoms with Crippen LogP contribution in [0.3, 0.4) is 0 Å². The summed E-state index contributed by atoms with van der Waals surface area (Å²) >= 11 is 0. The number of benzene rings is 1. The van der Waals surface area contributed by atoms with Crippen LogP contribution in [0.1, 0.15) is 25.8 Å². The molecule has 15 heavy (non-hydrogen) atoms. The number of nitrogens with one attached hydrogen (secondary N) is 2. The molecule has 0 unspecified atom stereocenters. The van der Waals surface area contributed by atoms with E-state index in [1.807, 2.05) is 25.1 Å². The molecule has 0 heterocycles. The highest BCUT2D eigenvalue weighted by molar-refractivity contribution is 5.89. The molecule has 0 saturated carbocycles. The molecule has 0 aliphatic heterocycles. The van der Waals surface area contributed by atoms with Crippen LogP contribution in [0.25, 0.3) is 0 Å². The van der Waals surface area contributed by atoms with E-state index < -0.39 is 0 Å². The van der Waals surface area contributed by atoms with E-state index in [0.29, 0.717) is 6.54 Å². The van der Waals surface area contributed by atoms with E-state index in [2.05, 4.69) is 23.6 Å². The molecule has 0 radical (unpaired) electrons. The third kappa shape index (κ3) is 4.02. The molecule has 0 aromatic heterocycles. The van der Waals surface area contributed by atoms with Crippen LogP contribution in [0.4, 0.5) is 10.5 Å². The number of carbonyl (C=O) groups excluding carboxylic acids is 1.